The molecule has 120 valence electrons. The molecule has 0 saturated carbocycles. The van der Waals surface area contributed by atoms with Crippen LogP contribution in [-0.4, -0.2) is 57.5 Å². The highest BCUT2D eigenvalue weighted by atomic mass is 16.5. The summed E-state index contributed by atoms with van der Waals surface area (Å²) < 4.78 is 7.08. The predicted molar refractivity (Wildman–Crippen MR) is 81.5 cm³/mol. The first-order chi connectivity index (χ1) is 11.1. The summed E-state index contributed by atoms with van der Waals surface area (Å²) in [7, 11) is 0. The van der Waals surface area contributed by atoms with Crippen LogP contribution in [-0.2, 0) is 9.53 Å². The van der Waals surface area contributed by atoms with Gasteiger partial charge in [0, 0.05) is 31.0 Å². The maximum atomic E-state index is 12.6. The number of carboxylic acids is 1. The highest BCUT2D eigenvalue weighted by Gasteiger charge is 2.26. The minimum absolute atomic E-state index is 0.100. The molecular weight excluding hydrogens is 298 g/mol. The van der Waals surface area contributed by atoms with Crippen LogP contribution in [0.2, 0.25) is 0 Å². The number of aliphatic carboxylic acids is 1. The number of ether oxygens (including phenoxy) is 1. The third kappa shape index (κ3) is 3.57. The van der Waals surface area contributed by atoms with Crippen molar-refractivity contribution in [3.63, 3.8) is 0 Å². The van der Waals surface area contributed by atoms with Crippen LogP contribution in [0.3, 0.4) is 0 Å². The van der Waals surface area contributed by atoms with Crippen molar-refractivity contribution in [2.24, 2.45) is 0 Å². The summed E-state index contributed by atoms with van der Waals surface area (Å²) in [5, 5.41) is 13.0. The Labute approximate surface area is 133 Å². The van der Waals surface area contributed by atoms with Gasteiger partial charge in [-0.05, 0) is 24.3 Å². The van der Waals surface area contributed by atoms with Gasteiger partial charge in [-0.3, -0.25) is 9.59 Å². The molecule has 2 heterocycles. The summed E-state index contributed by atoms with van der Waals surface area (Å²) in [4.78, 5) is 25.1. The van der Waals surface area contributed by atoms with Crippen LogP contribution in [0.1, 0.15) is 16.8 Å². The van der Waals surface area contributed by atoms with E-state index in [-0.39, 0.29) is 18.9 Å². The molecule has 1 aromatic heterocycles. The normalized spacial score (nSPS) is 17.9. The molecule has 1 saturated heterocycles. The smallest absolute Gasteiger partial charge is 0.306 e. The first kappa shape index (κ1) is 15.2. The van der Waals surface area contributed by atoms with E-state index in [2.05, 4.69) is 5.10 Å². The summed E-state index contributed by atoms with van der Waals surface area (Å²) in [6.07, 6.45) is 2.92. The van der Waals surface area contributed by atoms with Gasteiger partial charge in [0.25, 0.3) is 5.91 Å². The van der Waals surface area contributed by atoms with Gasteiger partial charge >= 0.3 is 5.97 Å². The summed E-state index contributed by atoms with van der Waals surface area (Å²) in [5.41, 5.74) is 1.35. The van der Waals surface area contributed by atoms with Crippen molar-refractivity contribution in [1.29, 1.82) is 0 Å². The lowest BCUT2D eigenvalue weighted by Crippen LogP contribution is -2.46. The number of hydrogen-bond donors (Lipinski definition) is 1. The molecular formula is C16H17N3O4. The number of morpholine rings is 1. The number of nitrogens with zero attached hydrogens (tertiary/aromatic N) is 3. The maximum absolute atomic E-state index is 12.6. The van der Waals surface area contributed by atoms with Gasteiger partial charge in [0.2, 0.25) is 0 Å². The van der Waals surface area contributed by atoms with E-state index in [1.165, 1.54) is 0 Å². The highest BCUT2D eigenvalue weighted by Crippen LogP contribution is 2.15. The molecule has 0 aliphatic carbocycles. The minimum Gasteiger partial charge on any atom is -0.481 e. The van der Waals surface area contributed by atoms with E-state index in [4.69, 9.17) is 9.84 Å². The zero-order chi connectivity index (χ0) is 16.2. The summed E-state index contributed by atoms with van der Waals surface area (Å²) >= 11 is 0. The largest absolute Gasteiger partial charge is 0.481 e. The monoisotopic (exact) mass is 315 g/mol. The van der Waals surface area contributed by atoms with Crippen LogP contribution >= 0.6 is 0 Å². The van der Waals surface area contributed by atoms with Crippen molar-refractivity contribution < 1.29 is 19.4 Å². The van der Waals surface area contributed by atoms with Crippen LogP contribution in [0.25, 0.3) is 5.69 Å². The average Bonchev–Trinajstić information content (AvgIpc) is 3.08. The topological polar surface area (TPSA) is 84.7 Å². The standard InChI is InChI=1S/C16H17N3O4/c20-15(21)10-14-11-18(7-8-23-14)16(22)12-3-1-4-13(9-12)19-6-2-5-17-19/h1-6,9,14H,7-8,10-11H2,(H,20,21)/t14-/m0/s1. The molecule has 1 aromatic carbocycles. The van der Waals surface area contributed by atoms with Crippen molar-refractivity contribution in [3.8, 4) is 5.69 Å². The van der Waals surface area contributed by atoms with Crippen LogP contribution in [0, 0.1) is 0 Å². The number of hydrogen-bond acceptors (Lipinski definition) is 4. The lowest BCUT2D eigenvalue weighted by molar-refractivity contribution is -0.141. The predicted octanol–water partition coefficient (Wildman–Crippen LogP) is 1.19. The molecule has 0 bridgehead atoms. The van der Waals surface area contributed by atoms with E-state index in [0.717, 1.165) is 5.69 Å². The molecule has 0 unspecified atom stereocenters. The molecule has 1 aliphatic rings. The maximum Gasteiger partial charge on any atom is 0.306 e. The van der Waals surface area contributed by atoms with E-state index in [0.29, 0.717) is 18.7 Å². The number of carboxylic acid groups (broad SMARTS) is 1. The molecule has 23 heavy (non-hydrogen) atoms. The number of carbonyl (C=O) groups is 2. The zero-order valence-corrected chi connectivity index (χ0v) is 12.5. The Kier molecular flexibility index (Phi) is 4.38. The van der Waals surface area contributed by atoms with Gasteiger partial charge in [-0.2, -0.15) is 5.10 Å². The Hall–Kier alpha value is -2.67. The van der Waals surface area contributed by atoms with Gasteiger partial charge in [0.05, 0.1) is 24.8 Å². The number of aromatic nitrogens is 2. The molecule has 1 atom stereocenters. The second-order valence-corrected chi connectivity index (χ2v) is 5.34. The van der Waals surface area contributed by atoms with Gasteiger partial charge in [0.1, 0.15) is 0 Å². The molecule has 1 amide bonds. The fraction of sp³-hybridized carbons (Fsp3) is 0.312. The van der Waals surface area contributed by atoms with Gasteiger partial charge in [-0.1, -0.05) is 6.07 Å². The van der Waals surface area contributed by atoms with E-state index >= 15 is 0 Å². The first-order valence-corrected chi connectivity index (χ1v) is 7.36. The lowest BCUT2D eigenvalue weighted by atomic mass is 10.1. The quantitative estimate of drug-likeness (QED) is 0.916. The Bertz CT molecular complexity index is 699. The van der Waals surface area contributed by atoms with Crippen molar-refractivity contribution >= 4 is 11.9 Å². The van der Waals surface area contributed by atoms with Crippen molar-refractivity contribution in [3.05, 3.63) is 48.3 Å². The second kappa shape index (κ2) is 6.62. The Morgan fingerprint density at radius 2 is 2.22 bits per heavy atom. The van der Waals surface area contributed by atoms with Crippen molar-refractivity contribution in [2.75, 3.05) is 19.7 Å². The molecule has 7 nitrogen and oxygen atoms in total. The number of carbonyl (C=O) groups excluding carboxylic acids is 1. The SMILES string of the molecule is O=C(O)C[C@H]1CN(C(=O)c2cccc(-n3cccn3)c2)CCO1. The van der Waals surface area contributed by atoms with Gasteiger partial charge < -0.3 is 14.7 Å². The Morgan fingerprint density at radius 1 is 1.35 bits per heavy atom. The lowest BCUT2D eigenvalue weighted by Gasteiger charge is -2.32. The van der Waals surface area contributed by atoms with E-state index < -0.39 is 12.1 Å². The summed E-state index contributed by atoms with van der Waals surface area (Å²) in [6, 6.07) is 9.01. The van der Waals surface area contributed by atoms with E-state index in [1.807, 2.05) is 12.1 Å². The third-order valence-electron chi connectivity index (χ3n) is 3.69. The summed E-state index contributed by atoms with van der Waals surface area (Å²) in [6.45, 7) is 1.10. The fourth-order valence-corrected chi connectivity index (χ4v) is 2.61. The molecule has 2 aromatic rings. The van der Waals surface area contributed by atoms with Crippen LogP contribution in [0.5, 0.6) is 0 Å². The van der Waals surface area contributed by atoms with Crippen molar-refractivity contribution in [1.82, 2.24) is 14.7 Å². The molecule has 0 spiro atoms. The van der Waals surface area contributed by atoms with Crippen LogP contribution < -0.4 is 0 Å². The minimum atomic E-state index is -0.926. The number of benzene rings is 1. The Morgan fingerprint density at radius 3 is 2.96 bits per heavy atom. The first-order valence-electron chi connectivity index (χ1n) is 7.36. The number of rotatable bonds is 4. The molecule has 0 radical (unpaired) electrons. The zero-order valence-electron chi connectivity index (χ0n) is 12.5. The average molecular weight is 315 g/mol. The van der Waals surface area contributed by atoms with Crippen LogP contribution in [0.15, 0.2) is 42.7 Å². The van der Waals surface area contributed by atoms with E-state index in [9.17, 15) is 9.59 Å². The van der Waals surface area contributed by atoms with Crippen LogP contribution in [0.4, 0.5) is 0 Å². The molecule has 7 heteroatoms. The summed E-state index contributed by atoms with van der Waals surface area (Å²) in [5.74, 6) is -1.05. The van der Waals surface area contributed by atoms with Crippen molar-refractivity contribution in [2.45, 2.75) is 12.5 Å². The highest BCUT2D eigenvalue weighted by molar-refractivity contribution is 5.94. The third-order valence-corrected chi connectivity index (χ3v) is 3.69. The van der Waals surface area contributed by atoms with Gasteiger partial charge in [-0.15, -0.1) is 0 Å². The fourth-order valence-electron chi connectivity index (χ4n) is 2.61. The van der Waals surface area contributed by atoms with E-state index in [1.54, 1.807) is 40.2 Å². The van der Waals surface area contributed by atoms with Gasteiger partial charge in [0.15, 0.2) is 0 Å². The molecule has 1 fully saturated rings. The molecule has 1 N–H and O–H groups in total. The molecule has 3 rings (SSSR count). The number of amides is 1. The van der Waals surface area contributed by atoms with Gasteiger partial charge in [-0.25, -0.2) is 4.68 Å². The molecule has 1 aliphatic heterocycles. The second-order valence-electron chi connectivity index (χ2n) is 5.34. The Balaban J connectivity index is 1.75.